The molecule has 1 aliphatic heterocycles. The van der Waals surface area contributed by atoms with Gasteiger partial charge in [-0.3, -0.25) is 9.59 Å². The zero-order valence-corrected chi connectivity index (χ0v) is 12.1. The molecule has 7 heteroatoms. The summed E-state index contributed by atoms with van der Waals surface area (Å²) in [7, 11) is 0. The second-order valence-electron chi connectivity index (χ2n) is 4.29. The van der Waals surface area contributed by atoms with Crippen molar-refractivity contribution in [1.82, 2.24) is 0 Å². The maximum absolute atomic E-state index is 11.8. The molecular weight excluding hydrogens is 337 g/mol. The maximum Gasteiger partial charge on any atom is 0.306 e. The Morgan fingerprint density at radius 3 is 2.89 bits per heavy atom. The fraction of sp³-hybridized carbons (Fsp3) is 0.333. The third-order valence-electron chi connectivity index (χ3n) is 2.71. The molecular formula is C12H11BrClNO4. The van der Waals surface area contributed by atoms with Gasteiger partial charge in [0.2, 0.25) is 5.91 Å². The number of carbonyl (C=O) groups excluding carboxylic acids is 2. The number of carbonyl (C=O) groups is 2. The van der Waals surface area contributed by atoms with Crippen molar-refractivity contribution in [2.75, 3.05) is 11.9 Å². The fourth-order valence-corrected chi connectivity index (χ4v) is 2.67. The topological polar surface area (TPSA) is 75.6 Å². The normalized spacial score (nSPS) is 18.2. The Bertz CT molecular complexity index is 511. The molecule has 1 fully saturated rings. The summed E-state index contributed by atoms with van der Waals surface area (Å²) in [6.45, 7) is 0.256. The van der Waals surface area contributed by atoms with Crippen molar-refractivity contribution < 1.29 is 19.4 Å². The molecule has 1 amide bonds. The third kappa shape index (κ3) is 3.61. The van der Waals surface area contributed by atoms with E-state index in [9.17, 15) is 14.7 Å². The van der Waals surface area contributed by atoms with Crippen LogP contribution >= 0.6 is 27.5 Å². The predicted molar refractivity (Wildman–Crippen MR) is 73.1 cm³/mol. The van der Waals surface area contributed by atoms with Crippen LogP contribution in [-0.2, 0) is 14.3 Å². The molecule has 1 aromatic carbocycles. The summed E-state index contributed by atoms with van der Waals surface area (Å²) in [5.41, 5.74) is 0.167. The molecule has 102 valence electrons. The second-order valence-corrected chi connectivity index (χ2v) is 5.61. The van der Waals surface area contributed by atoms with E-state index in [1.165, 1.54) is 6.07 Å². The standard InChI is InChI=1S/C12H11BrClNO4/c13-7-3-8(14)12(9(16)4-7)15-10(17)1-6-2-11(18)19-5-6/h3-4,6,16H,1-2,5H2,(H,15,17). The van der Waals surface area contributed by atoms with Crippen LogP contribution in [0.15, 0.2) is 16.6 Å². The lowest BCUT2D eigenvalue weighted by molar-refractivity contribution is -0.138. The molecule has 1 aromatic rings. The molecule has 1 aliphatic rings. The number of anilines is 1. The van der Waals surface area contributed by atoms with Crippen molar-refractivity contribution in [1.29, 1.82) is 0 Å². The summed E-state index contributed by atoms with van der Waals surface area (Å²) < 4.78 is 5.39. The first kappa shape index (κ1) is 14.1. The van der Waals surface area contributed by atoms with Gasteiger partial charge in [0.15, 0.2) is 0 Å². The van der Waals surface area contributed by atoms with Crippen LogP contribution in [-0.4, -0.2) is 23.6 Å². The van der Waals surface area contributed by atoms with Gasteiger partial charge in [0.05, 0.1) is 18.1 Å². The predicted octanol–water partition coefficient (Wildman–Crippen LogP) is 2.70. The van der Waals surface area contributed by atoms with E-state index in [1.807, 2.05) is 0 Å². The number of phenolic OH excluding ortho intramolecular Hbond substituents is 1. The lowest BCUT2D eigenvalue weighted by atomic mass is 10.0. The molecule has 0 aromatic heterocycles. The van der Waals surface area contributed by atoms with E-state index in [1.54, 1.807) is 6.07 Å². The molecule has 0 aliphatic carbocycles. The van der Waals surface area contributed by atoms with Crippen LogP contribution in [0.3, 0.4) is 0 Å². The Morgan fingerprint density at radius 2 is 2.32 bits per heavy atom. The van der Waals surface area contributed by atoms with E-state index in [2.05, 4.69) is 21.2 Å². The molecule has 0 spiro atoms. The SMILES string of the molecule is O=C(CC1COC(=O)C1)Nc1c(O)cc(Br)cc1Cl. The highest BCUT2D eigenvalue weighted by Crippen LogP contribution is 2.35. The largest absolute Gasteiger partial charge is 0.506 e. The number of amides is 1. The number of esters is 1. The van der Waals surface area contributed by atoms with Gasteiger partial charge in [0, 0.05) is 16.8 Å². The zero-order chi connectivity index (χ0) is 14.0. The van der Waals surface area contributed by atoms with Crippen LogP contribution in [0.2, 0.25) is 5.02 Å². The van der Waals surface area contributed by atoms with Crippen LogP contribution in [0.25, 0.3) is 0 Å². The summed E-state index contributed by atoms with van der Waals surface area (Å²) in [5, 5.41) is 12.5. The molecule has 0 saturated carbocycles. The number of cyclic esters (lactones) is 1. The number of halogens is 2. The highest BCUT2D eigenvalue weighted by Gasteiger charge is 2.26. The maximum atomic E-state index is 11.8. The van der Waals surface area contributed by atoms with Gasteiger partial charge in [-0.15, -0.1) is 0 Å². The number of hydrogen-bond donors (Lipinski definition) is 2. The first-order valence-electron chi connectivity index (χ1n) is 5.59. The van der Waals surface area contributed by atoms with Gasteiger partial charge in [-0.2, -0.15) is 0 Å². The van der Waals surface area contributed by atoms with Crippen molar-refractivity contribution in [3.63, 3.8) is 0 Å². The lowest BCUT2D eigenvalue weighted by Crippen LogP contribution is -2.17. The van der Waals surface area contributed by atoms with Gasteiger partial charge in [-0.25, -0.2) is 0 Å². The Hall–Kier alpha value is -1.27. The molecule has 1 unspecified atom stereocenters. The average molecular weight is 349 g/mol. The van der Waals surface area contributed by atoms with E-state index in [4.69, 9.17) is 16.3 Å². The molecule has 1 atom stereocenters. The van der Waals surface area contributed by atoms with Gasteiger partial charge in [0.25, 0.3) is 0 Å². The smallest absolute Gasteiger partial charge is 0.306 e. The van der Waals surface area contributed by atoms with E-state index >= 15 is 0 Å². The summed E-state index contributed by atoms with van der Waals surface area (Å²) in [6.07, 6.45) is 0.394. The molecule has 2 rings (SSSR count). The molecule has 1 saturated heterocycles. The number of ether oxygens (including phenoxy) is 1. The summed E-state index contributed by atoms with van der Waals surface area (Å²) in [6, 6.07) is 3.00. The van der Waals surface area contributed by atoms with Gasteiger partial charge in [0.1, 0.15) is 11.4 Å². The zero-order valence-electron chi connectivity index (χ0n) is 9.78. The Balaban J connectivity index is 2.01. The third-order valence-corrected chi connectivity index (χ3v) is 3.46. The van der Waals surface area contributed by atoms with Gasteiger partial charge in [-0.05, 0) is 12.1 Å². The number of hydrogen-bond acceptors (Lipinski definition) is 4. The van der Waals surface area contributed by atoms with Crippen LogP contribution in [0.5, 0.6) is 5.75 Å². The molecule has 5 nitrogen and oxygen atoms in total. The highest BCUT2D eigenvalue weighted by atomic mass is 79.9. The van der Waals surface area contributed by atoms with Crippen molar-refractivity contribution in [2.24, 2.45) is 5.92 Å². The minimum Gasteiger partial charge on any atom is -0.506 e. The minimum atomic E-state index is -0.317. The molecule has 0 bridgehead atoms. The van der Waals surface area contributed by atoms with Crippen molar-refractivity contribution >= 4 is 45.1 Å². The van der Waals surface area contributed by atoms with Gasteiger partial charge in [-0.1, -0.05) is 27.5 Å². The van der Waals surface area contributed by atoms with Crippen LogP contribution in [0.4, 0.5) is 5.69 Å². The number of benzene rings is 1. The summed E-state index contributed by atoms with van der Waals surface area (Å²) in [4.78, 5) is 22.7. The van der Waals surface area contributed by atoms with E-state index < -0.39 is 0 Å². The fourth-order valence-electron chi connectivity index (χ4n) is 1.83. The number of phenols is 1. The number of rotatable bonds is 3. The average Bonchev–Trinajstić information content (AvgIpc) is 2.69. The summed E-state index contributed by atoms with van der Waals surface area (Å²) in [5.74, 6) is -0.847. The number of nitrogens with one attached hydrogen (secondary N) is 1. The monoisotopic (exact) mass is 347 g/mol. The van der Waals surface area contributed by atoms with E-state index in [0.717, 1.165) is 0 Å². The van der Waals surface area contributed by atoms with Crippen molar-refractivity contribution in [3.8, 4) is 5.75 Å². The van der Waals surface area contributed by atoms with Gasteiger partial charge < -0.3 is 15.2 Å². The Labute approximate surface area is 123 Å². The molecule has 1 heterocycles. The summed E-state index contributed by atoms with van der Waals surface area (Å²) >= 11 is 9.11. The second kappa shape index (κ2) is 5.79. The van der Waals surface area contributed by atoms with Crippen molar-refractivity contribution in [3.05, 3.63) is 21.6 Å². The Morgan fingerprint density at radius 1 is 1.58 bits per heavy atom. The van der Waals surface area contributed by atoms with Crippen LogP contribution in [0.1, 0.15) is 12.8 Å². The highest BCUT2D eigenvalue weighted by molar-refractivity contribution is 9.10. The molecule has 2 N–H and O–H groups in total. The Kier molecular flexibility index (Phi) is 4.31. The quantitative estimate of drug-likeness (QED) is 0.650. The molecule has 0 radical (unpaired) electrons. The minimum absolute atomic E-state index is 0.119. The van der Waals surface area contributed by atoms with E-state index in [0.29, 0.717) is 4.47 Å². The van der Waals surface area contributed by atoms with Crippen molar-refractivity contribution in [2.45, 2.75) is 12.8 Å². The lowest BCUT2D eigenvalue weighted by Gasteiger charge is -2.11. The van der Waals surface area contributed by atoms with Crippen LogP contribution in [0, 0.1) is 5.92 Å². The van der Waals surface area contributed by atoms with E-state index in [-0.39, 0.29) is 53.7 Å². The first-order valence-corrected chi connectivity index (χ1v) is 6.76. The molecule has 19 heavy (non-hydrogen) atoms. The van der Waals surface area contributed by atoms with Gasteiger partial charge >= 0.3 is 5.97 Å². The first-order chi connectivity index (χ1) is 8.95. The number of aromatic hydroxyl groups is 1. The van der Waals surface area contributed by atoms with Crippen LogP contribution < -0.4 is 5.32 Å².